The van der Waals surface area contributed by atoms with Gasteiger partial charge in [-0.05, 0) is 51.0 Å². The average Bonchev–Trinajstić information content (AvgIpc) is 2.92. The third-order valence-corrected chi connectivity index (χ3v) is 5.17. The maximum Gasteiger partial charge on any atom is 0.326 e. The van der Waals surface area contributed by atoms with Gasteiger partial charge in [-0.15, -0.1) is 0 Å². The van der Waals surface area contributed by atoms with Gasteiger partial charge < -0.3 is 9.64 Å². The minimum atomic E-state index is -0.643. The molecule has 1 aromatic carbocycles. The number of nitrogens with zero attached hydrogens (tertiary/aromatic N) is 1. The molecule has 1 aliphatic carbocycles. The first-order valence-corrected chi connectivity index (χ1v) is 9.56. The number of allylic oxidation sites excluding steroid dienone is 2. The predicted octanol–water partition coefficient (Wildman–Crippen LogP) is 4.27. The van der Waals surface area contributed by atoms with Gasteiger partial charge in [0, 0.05) is 40.1 Å². The number of benzene rings is 1. The van der Waals surface area contributed by atoms with Crippen LogP contribution in [0, 0.1) is 0 Å². The minimum Gasteiger partial charge on any atom is -0.459 e. The lowest BCUT2D eigenvalue weighted by Gasteiger charge is -2.33. The fraction of sp³-hybridized carbons (Fsp3) is 0.450. The Balaban J connectivity index is 1.97. The van der Waals surface area contributed by atoms with Crippen molar-refractivity contribution in [3.05, 3.63) is 45.1 Å². The van der Waals surface area contributed by atoms with Crippen molar-refractivity contribution >= 4 is 40.9 Å². The van der Waals surface area contributed by atoms with Gasteiger partial charge >= 0.3 is 5.97 Å². The quantitative estimate of drug-likeness (QED) is 0.699. The first-order valence-electron chi connectivity index (χ1n) is 8.80. The summed E-state index contributed by atoms with van der Waals surface area (Å²) in [5.41, 5.74) is 1.18. The van der Waals surface area contributed by atoms with Crippen molar-refractivity contribution in [1.82, 2.24) is 4.90 Å². The van der Waals surface area contributed by atoms with E-state index in [-0.39, 0.29) is 24.7 Å². The molecule has 0 radical (unpaired) electrons. The third kappa shape index (κ3) is 4.19. The summed E-state index contributed by atoms with van der Waals surface area (Å²) in [6.45, 7) is 5.11. The van der Waals surface area contributed by atoms with Crippen LogP contribution in [0.3, 0.4) is 0 Å². The number of ether oxygens (including phenoxy) is 1. The maximum absolute atomic E-state index is 12.8. The zero-order valence-corrected chi connectivity index (χ0v) is 17.0. The van der Waals surface area contributed by atoms with E-state index in [4.69, 9.17) is 27.9 Å². The average molecular weight is 410 g/mol. The molecule has 5 nitrogen and oxygen atoms in total. The zero-order valence-electron chi connectivity index (χ0n) is 15.5. The van der Waals surface area contributed by atoms with Crippen molar-refractivity contribution in [2.45, 2.75) is 51.6 Å². The summed E-state index contributed by atoms with van der Waals surface area (Å²) in [5.74, 6) is -1.19. The highest BCUT2D eigenvalue weighted by molar-refractivity contribution is 6.33. The molecule has 0 saturated heterocycles. The number of halogens is 2. The maximum atomic E-state index is 12.8. The van der Waals surface area contributed by atoms with Gasteiger partial charge in [0.2, 0.25) is 5.91 Å². The first-order chi connectivity index (χ1) is 12.6. The van der Waals surface area contributed by atoms with Crippen LogP contribution in [0.1, 0.15) is 51.5 Å². The van der Waals surface area contributed by atoms with Crippen molar-refractivity contribution in [3.63, 3.8) is 0 Å². The predicted molar refractivity (Wildman–Crippen MR) is 103 cm³/mol. The fourth-order valence-corrected chi connectivity index (χ4v) is 4.04. The molecule has 0 saturated carbocycles. The molecule has 1 aliphatic heterocycles. The number of amides is 1. The van der Waals surface area contributed by atoms with Crippen molar-refractivity contribution in [1.29, 1.82) is 0 Å². The Morgan fingerprint density at radius 2 is 1.93 bits per heavy atom. The number of carbonyl (C=O) groups excluding carboxylic acids is 3. The summed E-state index contributed by atoms with van der Waals surface area (Å²) in [4.78, 5) is 39.0. The van der Waals surface area contributed by atoms with Crippen molar-refractivity contribution in [2.75, 3.05) is 6.54 Å². The van der Waals surface area contributed by atoms with E-state index in [1.165, 1.54) is 4.90 Å². The molecule has 0 aromatic heterocycles. The molecule has 0 N–H and O–H groups in total. The van der Waals surface area contributed by atoms with Crippen molar-refractivity contribution in [2.24, 2.45) is 0 Å². The molecular formula is C20H21Cl2NO4. The number of Topliss-reactive ketones (excluding diaryl/α,β-unsaturated/α-hetero) is 1. The topological polar surface area (TPSA) is 63.7 Å². The summed E-state index contributed by atoms with van der Waals surface area (Å²) in [6, 6.07) is 5.02. The summed E-state index contributed by atoms with van der Waals surface area (Å²) in [6.07, 6.45) is 0.808. The van der Waals surface area contributed by atoms with Gasteiger partial charge in [-0.3, -0.25) is 14.4 Å². The Labute approximate surface area is 168 Å². The molecule has 1 heterocycles. The lowest BCUT2D eigenvalue weighted by molar-refractivity contribution is -0.158. The Bertz CT molecular complexity index is 854. The zero-order chi connectivity index (χ0) is 19.9. The van der Waals surface area contributed by atoms with Gasteiger partial charge in [0.25, 0.3) is 0 Å². The third-order valence-electron chi connectivity index (χ3n) is 4.59. The molecule has 27 heavy (non-hydrogen) atoms. The largest absolute Gasteiger partial charge is 0.459 e. The van der Waals surface area contributed by atoms with Crippen LogP contribution in [0.2, 0.25) is 10.0 Å². The molecular weight excluding hydrogens is 389 g/mol. The van der Waals surface area contributed by atoms with Crippen LogP contribution in [-0.2, 0) is 19.1 Å². The second kappa shape index (κ2) is 7.28. The number of esters is 1. The lowest BCUT2D eigenvalue weighted by Crippen LogP contribution is -2.41. The van der Waals surface area contributed by atoms with Gasteiger partial charge in [0.1, 0.15) is 12.1 Å². The van der Waals surface area contributed by atoms with E-state index < -0.39 is 17.5 Å². The number of carbonyl (C=O) groups is 3. The van der Waals surface area contributed by atoms with Crippen LogP contribution in [0.4, 0.5) is 0 Å². The number of hydrogen-bond acceptors (Lipinski definition) is 4. The second-order valence-electron chi connectivity index (χ2n) is 7.77. The summed E-state index contributed by atoms with van der Waals surface area (Å²) >= 11 is 12.4. The highest BCUT2D eigenvalue weighted by Crippen LogP contribution is 2.44. The molecule has 3 rings (SSSR count). The summed E-state index contributed by atoms with van der Waals surface area (Å²) in [7, 11) is 0. The smallest absolute Gasteiger partial charge is 0.326 e. The fourth-order valence-electron chi connectivity index (χ4n) is 3.61. The second-order valence-corrected chi connectivity index (χ2v) is 8.62. The monoisotopic (exact) mass is 409 g/mol. The Kier molecular flexibility index (Phi) is 5.37. The first kappa shape index (κ1) is 19.9. The van der Waals surface area contributed by atoms with Crippen LogP contribution in [0.5, 0.6) is 0 Å². The molecule has 1 atom stereocenters. The standard InChI is InChI=1S/C20H21Cl2NO4/c1-20(2,3)27-18(26)10-23-15-6-7-16(24)19(15)13(9-17(23)25)12-8-11(21)4-5-14(12)22/h4-5,8,13H,6-7,9-10H2,1-3H3. The molecule has 7 heteroatoms. The van der Waals surface area contributed by atoms with Crippen LogP contribution < -0.4 is 0 Å². The van der Waals surface area contributed by atoms with Gasteiger partial charge in [-0.2, -0.15) is 0 Å². The van der Waals surface area contributed by atoms with E-state index >= 15 is 0 Å². The Morgan fingerprint density at radius 1 is 1.22 bits per heavy atom. The lowest BCUT2D eigenvalue weighted by atomic mass is 9.83. The van der Waals surface area contributed by atoms with Crippen LogP contribution in [0.25, 0.3) is 0 Å². The van der Waals surface area contributed by atoms with E-state index in [1.54, 1.807) is 39.0 Å². The highest BCUT2D eigenvalue weighted by Gasteiger charge is 2.42. The van der Waals surface area contributed by atoms with Crippen LogP contribution >= 0.6 is 23.2 Å². The molecule has 0 fully saturated rings. The minimum absolute atomic E-state index is 0.0206. The van der Waals surface area contributed by atoms with Gasteiger partial charge in [-0.1, -0.05) is 23.2 Å². The normalized spacial score (nSPS) is 20.2. The van der Waals surface area contributed by atoms with E-state index in [2.05, 4.69) is 0 Å². The summed E-state index contributed by atoms with van der Waals surface area (Å²) < 4.78 is 5.33. The number of ketones is 1. The molecule has 144 valence electrons. The van der Waals surface area contributed by atoms with Gasteiger partial charge in [0.15, 0.2) is 5.78 Å². The number of rotatable bonds is 3. The molecule has 0 bridgehead atoms. The van der Waals surface area contributed by atoms with Crippen LogP contribution in [-0.4, -0.2) is 34.7 Å². The van der Waals surface area contributed by atoms with Crippen LogP contribution in [0.15, 0.2) is 29.5 Å². The molecule has 2 aliphatic rings. The number of hydrogen-bond donors (Lipinski definition) is 0. The molecule has 1 amide bonds. The van der Waals surface area contributed by atoms with E-state index in [1.807, 2.05) is 0 Å². The van der Waals surface area contributed by atoms with Crippen molar-refractivity contribution in [3.8, 4) is 0 Å². The van der Waals surface area contributed by atoms with Gasteiger partial charge in [-0.25, -0.2) is 0 Å². The highest BCUT2D eigenvalue weighted by atomic mass is 35.5. The van der Waals surface area contributed by atoms with E-state index in [0.29, 0.717) is 39.7 Å². The SMILES string of the molecule is CC(C)(C)OC(=O)CN1C(=O)CC(c2cc(Cl)ccc2Cl)C2=C1CCC2=O. The molecule has 1 aromatic rings. The summed E-state index contributed by atoms with van der Waals surface area (Å²) in [5, 5.41) is 0.954. The Hall–Kier alpha value is -1.85. The van der Waals surface area contributed by atoms with E-state index in [0.717, 1.165) is 0 Å². The molecule has 0 spiro atoms. The Morgan fingerprint density at radius 3 is 2.59 bits per heavy atom. The van der Waals surface area contributed by atoms with E-state index in [9.17, 15) is 14.4 Å². The molecule has 1 unspecified atom stereocenters. The van der Waals surface area contributed by atoms with Gasteiger partial charge in [0.05, 0.1) is 0 Å². The van der Waals surface area contributed by atoms with Crippen molar-refractivity contribution < 1.29 is 19.1 Å².